The highest BCUT2D eigenvalue weighted by Crippen LogP contribution is 2.42. The van der Waals surface area contributed by atoms with Gasteiger partial charge in [-0.25, -0.2) is 9.59 Å². The number of nitrogens with two attached hydrogens (primary N) is 1. The first-order valence-corrected chi connectivity index (χ1v) is 22.3. The highest BCUT2D eigenvalue weighted by molar-refractivity contribution is 8.76. The van der Waals surface area contributed by atoms with Gasteiger partial charge < -0.3 is 80.5 Å². The Labute approximate surface area is 356 Å². The summed E-state index contributed by atoms with van der Waals surface area (Å²) in [4.78, 5) is 33.0. The lowest BCUT2D eigenvalue weighted by Crippen LogP contribution is -2.69. The SMILES string of the molecule is C=CC1C(OC2OC(CO)C(O)C(O)(O)C2OC(C)C)OC=C2C(=O)OC3CCC(CO)C3CSSCC(CO)N3C=C(C(=O)O)C(NC(N)=NCCCO)=C(C=CC21)C3. The van der Waals surface area contributed by atoms with Crippen LogP contribution in [0.25, 0.3) is 0 Å². The van der Waals surface area contributed by atoms with Crippen molar-refractivity contribution < 1.29 is 74.1 Å². The van der Waals surface area contributed by atoms with E-state index in [9.17, 15) is 50.4 Å². The number of carbonyl (C=O) groups is 2. The predicted octanol–water partition coefficient (Wildman–Crippen LogP) is -0.718. The first-order valence-electron chi connectivity index (χ1n) is 19.8. The van der Waals surface area contributed by atoms with E-state index in [1.54, 1.807) is 30.9 Å². The van der Waals surface area contributed by atoms with Crippen molar-refractivity contribution >= 4 is 39.5 Å². The molecule has 1 saturated carbocycles. The number of hydrogen-bond donors (Lipinski definition) is 10. The molecule has 11 atom stereocenters. The van der Waals surface area contributed by atoms with E-state index < -0.39 is 85.3 Å². The number of fused-ring (bicyclic) bond motifs is 4. The fourth-order valence-electron chi connectivity index (χ4n) is 7.78. The number of carbonyl (C=O) groups excluding carboxylic acids is 1. The zero-order valence-electron chi connectivity index (χ0n) is 33.5. The van der Waals surface area contributed by atoms with Gasteiger partial charge in [0, 0.05) is 55.8 Å². The van der Waals surface area contributed by atoms with Crippen LogP contribution in [0.4, 0.5) is 0 Å². The van der Waals surface area contributed by atoms with Crippen LogP contribution in [0, 0.1) is 23.7 Å². The van der Waals surface area contributed by atoms with Gasteiger partial charge in [-0.15, -0.1) is 6.58 Å². The molecule has 0 aromatic rings. The van der Waals surface area contributed by atoms with Crippen molar-refractivity contribution in [1.29, 1.82) is 0 Å². The Morgan fingerprint density at radius 3 is 2.55 bits per heavy atom. The number of guanidine groups is 1. The van der Waals surface area contributed by atoms with Gasteiger partial charge in [0.1, 0.15) is 18.3 Å². The van der Waals surface area contributed by atoms with Gasteiger partial charge in [-0.3, -0.25) is 4.99 Å². The van der Waals surface area contributed by atoms with Crippen molar-refractivity contribution in [3.63, 3.8) is 0 Å². The summed E-state index contributed by atoms with van der Waals surface area (Å²) in [5.74, 6) is -6.42. The zero-order valence-corrected chi connectivity index (χ0v) is 35.2. The molecule has 11 unspecified atom stereocenters. The quantitative estimate of drug-likeness (QED) is 0.0208. The normalized spacial score (nSPS) is 33.9. The lowest BCUT2D eigenvalue weighted by atomic mass is 9.83. The molecule has 0 aromatic heterocycles. The van der Waals surface area contributed by atoms with E-state index in [0.29, 0.717) is 36.3 Å². The Bertz CT molecular complexity index is 1670. The first kappa shape index (κ1) is 47.9. The lowest BCUT2D eigenvalue weighted by Gasteiger charge is -2.48. The molecule has 0 spiro atoms. The van der Waals surface area contributed by atoms with Crippen molar-refractivity contribution in [2.75, 3.05) is 51.0 Å². The number of allylic oxidation sites excluding steroid dienone is 1. The van der Waals surface area contributed by atoms with Crippen LogP contribution in [0.15, 0.2) is 64.7 Å². The molecule has 4 heterocycles. The third kappa shape index (κ3) is 11.1. The summed E-state index contributed by atoms with van der Waals surface area (Å²) < 4.78 is 30.0. The van der Waals surface area contributed by atoms with Crippen LogP contribution >= 0.6 is 21.6 Å². The molecule has 1 saturated heterocycles. The number of nitrogens with one attached hydrogen (secondary N) is 1. The number of aliphatic carboxylic acids is 1. The summed E-state index contributed by atoms with van der Waals surface area (Å²) in [6.07, 6.45) is -0.647. The summed E-state index contributed by atoms with van der Waals surface area (Å²) in [5, 5.41) is 86.1. The second-order valence-electron chi connectivity index (χ2n) is 15.4. The minimum atomic E-state index is -2.94. The van der Waals surface area contributed by atoms with Crippen molar-refractivity contribution in [2.45, 2.75) is 88.0 Å². The van der Waals surface area contributed by atoms with Crippen molar-refractivity contribution in [1.82, 2.24) is 10.2 Å². The molecule has 336 valence electrons. The van der Waals surface area contributed by atoms with Crippen LogP contribution in [0.2, 0.25) is 0 Å². The number of aliphatic imine (C=N–C) groups is 1. The maximum absolute atomic E-state index is 14.3. The number of aliphatic hydroxyl groups is 7. The van der Waals surface area contributed by atoms with Crippen LogP contribution in [0.3, 0.4) is 0 Å². The predicted molar refractivity (Wildman–Crippen MR) is 219 cm³/mol. The maximum Gasteiger partial charge on any atom is 0.339 e. The molecule has 5 rings (SSSR count). The van der Waals surface area contributed by atoms with E-state index in [2.05, 4.69) is 16.9 Å². The number of ether oxygens (including phenoxy) is 5. The van der Waals surface area contributed by atoms with E-state index in [-0.39, 0.29) is 67.5 Å². The summed E-state index contributed by atoms with van der Waals surface area (Å²) in [6.45, 7) is 6.11. The van der Waals surface area contributed by atoms with Gasteiger partial charge >= 0.3 is 11.9 Å². The molecule has 2 bridgehead atoms. The van der Waals surface area contributed by atoms with Crippen molar-refractivity contribution in [3.8, 4) is 0 Å². The van der Waals surface area contributed by atoms with Gasteiger partial charge in [0.25, 0.3) is 0 Å². The summed E-state index contributed by atoms with van der Waals surface area (Å²) in [7, 11) is 2.98. The smallest absolute Gasteiger partial charge is 0.339 e. The third-order valence-electron chi connectivity index (χ3n) is 11.1. The lowest BCUT2D eigenvalue weighted by molar-refractivity contribution is -0.413. The highest BCUT2D eigenvalue weighted by Gasteiger charge is 2.57. The second kappa shape index (κ2) is 21.7. The van der Waals surface area contributed by atoms with E-state index in [4.69, 9.17) is 29.4 Å². The zero-order chi connectivity index (χ0) is 43.7. The summed E-state index contributed by atoms with van der Waals surface area (Å²) >= 11 is 0. The van der Waals surface area contributed by atoms with E-state index in [0.717, 1.165) is 6.26 Å². The minimum absolute atomic E-state index is 0.0354. The second-order valence-corrected chi connectivity index (χ2v) is 17.9. The molecule has 11 N–H and O–H groups in total. The maximum atomic E-state index is 14.3. The average molecular weight is 887 g/mol. The number of nitrogens with zero attached hydrogens (tertiary/aromatic N) is 2. The number of hydrogen-bond acceptors (Lipinski definition) is 18. The molecule has 5 aliphatic rings. The summed E-state index contributed by atoms with van der Waals surface area (Å²) in [6, 6.07) is -0.531. The molecule has 0 aromatic carbocycles. The molecular formula is C39H58N4O15S2. The third-order valence-corrected chi connectivity index (χ3v) is 13.6. The first-order chi connectivity index (χ1) is 28.7. The van der Waals surface area contributed by atoms with Gasteiger partial charge in [0.2, 0.25) is 12.1 Å². The fourth-order valence-corrected chi connectivity index (χ4v) is 10.6. The monoisotopic (exact) mass is 886 g/mol. The standard InChI is InChI=1S/C39H58N4O15S2/c1-4-24-25-8-6-21-12-43(13-26(34(49)50)31(21)42-38(40)41-10-5-11-44)23(15-46)18-59-60-19-28-22(14-45)7-9-29(28)56-35(51)27(25)17-54-36(24)58-37-33(55-20(2)3)39(52,53)32(48)30(16-47)57-37/h4,6,8,13,17,20,22-25,28-30,32-33,36-37,44-48,52-53H,1,5,7,9-12,14-16,18-19H2,2-3H3,(H,49,50)(H3,40,41,42). The Hall–Kier alpha value is -3.19. The average Bonchev–Trinajstić information content (AvgIpc) is 3.60. The molecule has 1 aliphatic carbocycles. The van der Waals surface area contributed by atoms with Crippen LogP contribution in [0.1, 0.15) is 33.1 Å². The summed E-state index contributed by atoms with van der Waals surface area (Å²) in [5.41, 5.74) is 6.51. The largest absolute Gasteiger partial charge is 0.478 e. The molecule has 19 nitrogen and oxygen atoms in total. The Kier molecular flexibility index (Phi) is 17.3. The van der Waals surface area contributed by atoms with E-state index >= 15 is 0 Å². The molecule has 2 fully saturated rings. The van der Waals surface area contributed by atoms with Gasteiger partial charge in [0.15, 0.2) is 18.4 Å². The van der Waals surface area contributed by atoms with E-state index in [1.807, 2.05) is 0 Å². The van der Waals surface area contributed by atoms with Gasteiger partial charge in [-0.1, -0.05) is 39.8 Å². The van der Waals surface area contributed by atoms with Gasteiger partial charge in [-0.05, 0) is 44.6 Å². The molecule has 0 radical (unpaired) electrons. The molecule has 21 heteroatoms. The van der Waals surface area contributed by atoms with Crippen LogP contribution in [0.5, 0.6) is 0 Å². The van der Waals surface area contributed by atoms with Crippen molar-refractivity contribution in [2.24, 2.45) is 34.4 Å². The molecule has 4 aliphatic heterocycles. The van der Waals surface area contributed by atoms with Crippen LogP contribution in [-0.2, 0) is 33.3 Å². The number of rotatable bonds is 13. The van der Waals surface area contributed by atoms with E-state index in [1.165, 1.54) is 33.9 Å². The van der Waals surface area contributed by atoms with Crippen LogP contribution in [-0.4, -0.2) is 170 Å². The fraction of sp³-hybridized carbons (Fsp3) is 0.667. The van der Waals surface area contributed by atoms with Gasteiger partial charge in [0.05, 0.1) is 54.4 Å². The van der Waals surface area contributed by atoms with Crippen molar-refractivity contribution in [3.05, 3.63) is 59.7 Å². The Morgan fingerprint density at radius 1 is 1.15 bits per heavy atom. The number of aliphatic hydroxyl groups excluding tert-OH is 5. The molecular weight excluding hydrogens is 829 g/mol. The highest BCUT2D eigenvalue weighted by atomic mass is 33.1. The van der Waals surface area contributed by atoms with Gasteiger partial charge in [-0.2, -0.15) is 0 Å². The molecule has 0 amide bonds. The number of esters is 1. The molecule has 60 heavy (non-hydrogen) atoms. The topological polar surface area (TPSA) is 296 Å². The number of carboxylic acid groups (broad SMARTS) is 1. The Balaban J connectivity index is 1.62. The minimum Gasteiger partial charge on any atom is -0.478 e. The number of carboxylic acids is 1. The van der Waals surface area contributed by atoms with Crippen LogP contribution < -0.4 is 11.1 Å². The Morgan fingerprint density at radius 2 is 1.90 bits per heavy atom.